The number of hydrazine groups is 1. The summed E-state index contributed by atoms with van der Waals surface area (Å²) in [5.41, 5.74) is 0. The van der Waals surface area contributed by atoms with E-state index in [9.17, 15) is 4.79 Å². The van der Waals surface area contributed by atoms with Gasteiger partial charge in [-0.3, -0.25) is 10.0 Å². The summed E-state index contributed by atoms with van der Waals surface area (Å²) in [5.74, 6) is 4.53. The van der Waals surface area contributed by atoms with Crippen LogP contribution in [0.4, 0.5) is 0 Å². The van der Waals surface area contributed by atoms with Gasteiger partial charge in [-0.25, -0.2) is 5.84 Å². The summed E-state index contributed by atoms with van der Waals surface area (Å²) >= 11 is 0. The predicted molar refractivity (Wildman–Crippen MR) is 83.1 cm³/mol. The minimum Gasteiger partial charge on any atom is -0.271 e. The van der Waals surface area contributed by atoms with Crippen molar-refractivity contribution in [2.75, 3.05) is 0 Å². The Hall–Kier alpha value is -0.610. The number of carbonyl (C=O) groups excluding carboxylic acids is 1. The van der Waals surface area contributed by atoms with E-state index in [1.807, 2.05) is 0 Å². The summed E-state index contributed by atoms with van der Waals surface area (Å²) in [7, 11) is 0. The van der Waals surface area contributed by atoms with E-state index < -0.39 is 5.91 Å². The first-order valence-corrected chi connectivity index (χ1v) is 8.45. The summed E-state index contributed by atoms with van der Waals surface area (Å²) in [4.78, 5) is 11.0. The molecule has 0 aliphatic carbocycles. The first-order valence-electron chi connectivity index (χ1n) is 8.45. The second-order valence-corrected chi connectivity index (χ2v) is 5.73. The molecular formula is C16H34N2O2. The van der Waals surface area contributed by atoms with Gasteiger partial charge in [-0.1, -0.05) is 84.0 Å². The molecule has 0 radical (unpaired) electrons. The number of hydrogen-bond acceptors (Lipinski definition) is 3. The standard InChI is InChI=1S/C16H34N2O2/c1-2-3-4-5-6-7-8-9-10-11-12-13-14-15-16(19)18(17)20/h20H,2-15,17H2,1H3. The Morgan fingerprint density at radius 1 is 0.800 bits per heavy atom. The van der Waals surface area contributed by atoms with Gasteiger partial charge in [0.05, 0.1) is 0 Å². The van der Waals surface area contributed by atoms with Crippen LogP contribution in [0.3, 0.4) is 0 Å². The predicted octanol–water partition coefficient (Wildman–Crippen LogP) is 4.56. The molecule has 0 aromatic carbocycles. The maximum absolute atomic E-state index is 11.0. The zero-order valence-corrected chi connectivity index (χ0v) is 13.3. The molecule has 0 atom stereocenters. The van der Waals surface area contributed by atoms with Crippen LogP contribution in [-0.4, -0.2) is 16.3 Å². The Bertz CT molecular complexity index is 221. The molecule has 0 heterocycles. The van der Waals surface area contributed by atoms with Crippen molar-refractivity contribution in [1.29, 1.82) is 0 Å². The van der Waals surface area contributed by atoms with Gasteiger partial charge < -0.3 is 0 Å². The molecule has 0 aromatic heterocycles. The van der Waals surface area contributed by atoms with Gasteiger partial charge in [-0.2, -0.15) is 5.17 Å². The summed E-state index contributed by atoms with van der Waals surface area (Å²) in [6.07, 6.45) is 17.0. The van der Waals surface area contributed by atoms with Gasteiger partial charge in [0.25, 0.3) is 5.91 Å². The molecule has 4 heteroatoms. The van der Waals surface area contributed by atoms with E-state index in [-0.39, 0.29) is 5.17 Å². The quantitative estimate of drug-likeness (QED) is 0.162. The Morgan fingerprint density at radius 2 is 1.15 bits per heavy atom. The zero-order chi connectivity index (χ0) is 15.1. The van der Waals surface area contributed by atoms with Crippen LogP contribution in [0.5, 0.6) is 0 Å². The number of nitrogens with zero attached hydrogens (tertiary/aromatic N) is 1. The van der Waals surface area contributed by atoms with Crippen molar-refractivity contribution >= 4 is 5.91 Å². The van der Waals surface area contributed by atoms with Crippen molar-refractivity contribution in [2.24, 2.45) is 5.84 Å². The van der Waals surface area contributed by atoms with Crippen LogP contribution in [0, 0.1) is 0 Å². The lowest BCUT2D eigenvalue weighted by Crippen LogP contribution is -2.33. The molecule has 20 heavy (non-hydrogen) atoms. The van der Waals surface area contributed by atoms with Crippen molar-refractivity contribution in [1.82, 2.24) is 5.17 Å². The van der Waals surface area contributed by atoms with Crippen LogP contribution in [-0.2, 0) is 4.79 Å². The molecule has 0 aromatic rings. The fourth-order valence-electron chi connectivity index (χ4n) is 2.41. The van der Waals surface area contributed by atoms with Gasteiger partial charge in [0, 0.05) is 6.42 Å². The highest BCUT2D eigenvalue weighted by Crippen LogP contribution is 2.12. The van der Waals surface area contributed by atoms with Gasteiger partial charge >= 0.3 is 0 Å². The number of rotatable bonds is 14. The third kappa shape index (κ3) is 13.8. The van der Waals surface area contributed by atoms with Gasteiger partial charge in [0.1, 0.15) is 0 Å². The van der Waals surface area contributed by atoms with Crippen LogP contribution >= 0.6 is 0 Å². The van der Waals surface area contributed by atoms with E-state index in [2.05, 4.69) is 6.92 Å². The molecule has 0 rings (SSSR count). The largest absolute Gasteiger partial charge is 0.271 e. The normalized spacial score (nSPS) is 10.8. The molecule has 3 N–H and O–H groups in total. The first-order chi connectivity index (χ1) is 9.68. The molecule has 1 amide bonds. The third-order valence-electron chi connectivity index (χ3n) is 3.75. The highest BCUT2D eigenvalue weighted by Gasteiger charge is 2.04. The minimum atomic E-state index is -0.395. The summed E-state index contributed by atoms with van der Waals surface area (Å²) in [6, 6.07) is 0. The Morgan fingerprint density at radius 3 is 1.50 bits per heavy atom. The lowest BCUT2D eigenvalue weighted by molar-refractivity contribution is -0.166. The molecule has 0 saturated heterocycles. The van der Waals surface area contributed by atoms with Crippen molar-refractivity contribution in [2.45, 2.75) is 96.8 Å². The maximum Gasteiger partial charge on any atom is 0.260 e. The SMILES string of the molecule is CCCCCCCCCCCCCCCC(=O)N(N)O. The fraction of sp³-hybridized carbons (Fsp3) is 0.938. The van der Waals surface area contributed by atoms with Crippen molar-refractivity contribution < 1.29 is 10.0 Å². The van der Waals surface area contributed by atoms with Crippen molar-refractivity contribution in [3.05, 3.63) is 0 Å². The van der Waals surface area contributed by atoms with E-state index in [1.165, 1.54) is 70.6 Å². The van der Waals surface area contributed by atoms with E-state index in [0.29, 0.717) is 6.42 Å². The van der Waals surface area contributed by atoms with Crippen molar-refractivity contribution in [3.8, 4) is 0 Å². The molecular weight excluding hydrogens is 252 g/mol. The van der Waals surface area contributed by atoms with E-state index in [0.717, 1.165) is 12.8 Å². The molecule has 120 valence electrons. The number of amides is 1. The van der Waals surface area contributed by atoms with Crippen LogP contribution in [0.1, 0.15) is 96.8 Å². The summed E-state index contributed by atoms with van der Waals surface area (Å²) < 4.78 is 0. The average Bonchev–Trinajstić information content (AvgIpc) is 2.43. The second-order valence-electron chi connectivity index (χ2n) is 5.73. The fourth-order valence-corrected chi connectivity index (χ4v) is 2.41. The van der Waals surface area contributed by atoms with E-state index in [1.54, 1.807) is 0 Å². The van der Waals surface area contributed by atoms with Crippen LogP contribution in [0.2, 0.25) is 0 Å². The number of nitrogens with two attached hydrogens (primary N) is 1. The number of hydrogen-bond donors (Lipinski definition) is 2. The highest BCUT2D eigenvalue weighted by molar-refractivity contribution is 5.74. The molecule has 0 aliphatic rings. The lowest BCUT2D eigenvalue weighted by Gasteiger charge is -2.07. The Balaban J connectivity index is 3.04. The number of hydroxylamine groups is 1. The van der Waals surface area contributed by atoms with Gasteiger partial charge in [-0.05, 0) is 6.42 Å². The van der Waals surface area contributed by atoms with E-state index in [4.69, 9.17) is 11.0 Å². The van der Waals surface area contributed by atoms with Gasteiger partial charge in [0.15, 0.2) is 0 Å². The number of carbonyl (C=O) groups is 1. The van der Waals surface area contributed by atoms with Gasteiger partial charge in [-0.15, -0.1) is 0 Å². The van der Waals surface area contributed by atoms with Gasteiger partial charge in [0.2, 0.25) is 0 Å². The molecule has 0 fully saturated rings. The molecule has 0 aliphatic heterocycles. The Kier molecular flexibility index (Phi) is 14.3. The number of unbranched alkanes of at least 4 members (excludes halogenated alkanes) is 12. The summed E-state index contributed by atoms with van der Waals surface area (Å²) in [6.45, 7) is 2.26. The molecule has 0 bridgehead atoms. The molecule has 0 unspecified atom stereocenters. The van der Waals surface area contributed by atoms with Crippen molar-refractivity contribution in [3.63, 3.8) is 0 Å². The second kappa shape index (κ2) is 14.8. The van der Waals surface area contributed by atoms with Crippen LogP contribution < -0.4 is 5.84 Å². The zero-order valence-electron chi connectivity index (χ0n) is 13.3. The molecule has 4 nitrogen and oxygen atoms in total. The highest BCUT2D eigenvalue weighted by atomic mass is 16.5. The first kappa shape index (κ1) is 19.4. The maximum atomic E-state index is 11.0. The van der Waals surface area contributed by atoms with Crippen LogP contribution in [0.15, 0.2) is 0 Å². The smallest absolute Gasteiger partial charge is 0.260 e. The summed E-state index contributed by atoms with van der Waals surface area (Å²) in [5, 5.41) is 8.87. The molecule has 0 saturated carbocycles. The minimum absolute atomic E-state index is 0.195. The van der Waals surface area contributed by atoms with E-state index >= 15 is 0 Å². The topological polar surface area (TPSA) is 66.6 Å². The van der Waals surface area contributed by atoms with Crippen LogP contribution in [0.25, 0.3) is 0 Å². The Labute approximate surface area is 124 Å². The lowest BCUT2D eigenvalue weighted by atomic mass is 10.0. The molecule has 0 spiro atoms. The average molecular weight is 286 g/mol. The third-order valence-corrected chi connectivity index (χ3v) is 3.75. The monoisotopic (exact) mass is 286 g/mol.